The number of carbonyl (C=O) groups excluding carboxylic acids is 1. The molecule has 9 nitrogen and oxygen atoms in total. The molecule has 0 saturated heterocycles. The van der Waals surface area contributed by atoms with Crippen LogP contribution >= 0.6 is 0 Å². The van der Waals surface area contributed by atoms with Crippen LogP contribution in [0.3, 0.4) is 0 Å². The summed E-state index contributed by atoms with van der Waals surface area (Å²) in [5.41, 5.74) is 1.27. The zero-order chi connectivity index (χ0) is 21.6. The summed E-state index contributed by atoms with van der Waals surface area (Å²) >= 11 is 0. The number of anilines is 1. The number of aromatic amines is 1. The van der Waals surface area contributed by atoms with Gasteiger partial charge in [0, 0.05) is 22.9 Å². The lowest BCUT2D eigenvalue weighted by Gasteiger charge is -2.34. The van der Waals surface area contributed by atoms with Crippen LogP contribution in [0.1, 0.15) is 27.2 Å². The van der Waals surface area contributed by atoms with E-state index in [-0.39, 0.29) is 18.4 Å². The Balaban J connectivity index is 1.64. The number of amides is 2. The molecule has 4 aromatic rings. The molecule has 1 aliphatic rings. The standard InChI is InChI=1S/C22H17N5O4/c28-19-15-6-1-2-7-16(15)22(31,27(19)12-14-5-3-4-10-23-14)13-8-9-17-18(11-13)25-20(24-17)26-21(29)30/h1-11,31H,12H2,(H,29,30)(H2,24,25,26). The Bertz CT molecular complexity index is 1320. The van der Waals surface area contributed by atoms with E-state index in [9.17, 15) is 14.7 Å². The van der Waals surface area contributed by atoms with Gasteiger partial charge in [0.25, 0.3) is 5.91 Å². The first kappa shape index (κ1) is 18.8. The minimum absolute atomic E-state index is 0.0693. The van der Waals surface area contributed by atoms with Crippen LogP contribution in [0.15, 0.2) is 66.9 Å². The van der Waals surface area contributed by atoms with Gasteiger partial charge in [0.2, 0.25) is 5.95 Å². The summed E-state index contributed by atoms with van der Waals surface area (Å²) in [6, 6.07) is 17.3. The third kappa shape index (κ3) is 2.99. The molecule has 31 heavy (non-hydrogen) atoms. The average molecular weight is 415 g/mol. The Morgan fingerprint density at radius 1 is 1.13 bits per heavy atom. The Kier molecular flexibility index (Phi) is 4.19. The highest BCUT2D eigenvalue weighted by Crippen LogP contribution is 2.43. The summed E-state index contributed by atoms with van der Waals surface area (Å²) in [5.74, 6) is -0.235. The van der Waals surface area contributed by atoms with E-state index in [2.05, 4.69) is 20.3 Å². The summed E-state index contributed by atoms with van der Waals surface area (Å²) < 4.78 is 0. The van der Waals surface area contributed by atoms with Crippen molar-refractivity contribution in [3.8, 4) is 0 Å². The first-order valence-electron chi connectivity index (χ1n) is 9.51. The number of rotatable bonds is 4. The third-order valence-corrected chi connectivity index (χ3v) is 5.32. The van der Waals surface area contributed by atoms with Crippen molar-refractivity contribution < 1.29 is 19.8 Å². The zero-order valence-corrected chi connectivity index (χ0v) is 16.1. The second-order valence-electron chi connectivity index (χ2n) is 7.18. The van der Waals surface area contributed by atoms with Gasteiger partial charge < -0.3 is 15.2 Å². The summed E-state index contributed by atoms with van der Waals surface area (Å²) in [6.07, 6.45) is 0.394. The van der Waals surface area contributed by atoms with Crippen LogP contribution in [-0.4, -0.2) is 42.1 Å². The van der Waals surface area contributed by atoms with E-state index in [1.807, 2.05) is 6.07 Å². The van der Waals surface area contributed by atoms with E-state index in [1.165, 1.54) is 4.90 Å². The fraction of sp³-hybridized carbons (Fsp3) is 0.0909. The number of benzene rings is 2. The van der Waals surface area contributed by atoms with Crippen LogP contribution in [0, 0.1) is 0 Å². The lowest BCUT2D eigenvalue weighted by molar-refractivity contribution is -0.0547. The first-order chi connectivity index (χ1) is 15.0. The highest BCUT2D eigenvalue weighted by Gasteiger charge is 2.49. The molecule has 3 heterocycles. The number of hydrogen-bond acceptors (Lipinski definition) is 5. The van der Waals surface area contributed by atoms with Gasteiger partial charge in [-0.3, -0.25) is 20.0 Å². The normalized spacial score (nSPS) is 17.7. The first-order valence-corrected chi connectivity index (χ1v) is 9.51. The van der Waals surface area contributed by atoms with Gasteiger partial charge in [0.05, 0.1) is 23.3 Å². The van der Waals surface area contributed by atoms with Gasteiger partial charge in [-0.1, -0.05) is 30.3 Å². The molecule has 4 N–H and O–H groups in total. The number of fused-ring (bicyclic) bond motifs is 2. The third-order valence-electron chi connectivity index (χ3n) is 5.32. The second-order valence-corrected chi connectivity index (χ2v) is 7.18. The molecule has 1 atom stereocenters. The van der Waals surface area contributed by atoms with Crippen molar-refractivity contribution in [2.24, 2.45) is 0 Å². The molecule has 5 rings (SSSR count). The van der Waals surface area contributed by atoms with Crippen molar-refractivity contribution in [1.82, 2.24) is 19.9 Å². The number of carbonyl (C=O) groups is 2. The van der Waals surface area contributed by atoms with Crippen LogP contribution in [0.4, 0.5) is 10.7 Å². The van der Waals surface area contributed by atoms with Gasteiger partial charge in [-0.25, -0.2) is 9.78 Å². The van der Waals surface area contributed by atoms with Crippen LogP contribution in [0.5, 0.6) is 0 Å². The molecule has 0 bridgehead atoms. The zero-order valence-electron chi connectivity index (χ0n) is 16.1. The van der Waals surface area contributed by atoms with Crippen molar-refractivity contribution in [3.05, 3.63) is 89.2 Å². The number of H-pyrrole nitrogens is 1. The number of pyridine rings is 1. The maximum atomic E-state index is 13.2. The van der Waals surface area contributed by atoms with Crippen LogP contribution in [0.2, 0.25) is 0 Å². The minimum Gasteiger partial charge on any atom is -0.465 e. The SMILES string of the molecule is O=C(O)Nc1nc2ccc(C3(O)c4ccccc4C(=O)N3Cc3ccccn3)cc2[nH]1. The van der Waals surface area contributed by atoms with E-state index < -0.39 is 11.8 Å². The van der Waals surface area contributed by atoms with Crippen LogP contribution < -0.4 is 5.32 Å². The van der Waals surface area contributed by atoms with Gasteiger partial charge in [-0.15, -0.1) is 0 Å². The van der Waals surface area contributed by atoms with E-state index in [1.54, 1.807) is 60.8 Å². The van der Waals surface area contributed by atoms with Crippen molar-refractivity contribution in [2.75, 3.05) is 5.32 Å². The van der Waals surface area contributed by atoms with E-state index >= 15 is 0 Å². The number of nitrogens with zero attached hydrogens (tertiary/aromatic N) is 3. The van der Waals surface area contributed by atoms with Gasteiger partial charge in [0.1, 0.15) is 0 Å². The molecule has 1 aliphatic heterocycles. The Morgan fingerprint density at radius 3 is 2.71 bits per heavy atom. The highest BCUT2D eigenvalue weighted by atomic mass is 16.4. The van der Waals surface area contributed by atoms with Gasteiger partial charge >= 0.3 is 6.09 Å². The topological polar surface area (TPSA) is 131 Å². The Labute approximate surface area is 176 Å². The summed E-state index contributed by atoms with van der Waals surface area (Å²) in [7, 11) is 0. The monoisotopic (exact) mass is 415 g/mol. The van der Waals surface area contributed by atoms with Crippen molar-refractivity contribution in [2.45, 2.75) is 12.3 Å². The molecule has 0 fully saturated rings. The molecule has 0 aliphatic carbocycles. The van der Waals surface area contributed by atoms with Crippen molar-refractivity contribution >= 4 is 29.0 Å². The highest BCUT2D eigenvalue weighted by molar-refractivity contribution is 6.00. The van der Waals surface area contributed by atoms with E-state index in [0.717, 1.165) is 0 Å². The van der Waals surface area contributed by atoms with Crippen LogP contribution in [0.25, 0.3) is 11.0 Å². The minimum atomic E-state index is -1.73. The Morgan fingerprint density at radius 2 is 1.94 bits per heavy atom. The summed E-state index contributed by atoms with van der Waals surface area (Å²) in [4.78, 5) is 36.8. The van der Waals surface area contributed by atoms with E-state index in [0.29, 0.717) is 33.4 Å². The largest absolute Gasteiger partial charge is 0.465 e. The summed E-state index contributed by atoms with van der Waals surface area (Å²) in [5, 5.41) is 23.0. The molecule has 9 heteroatoms. The fourth-order valence-corrected chi connectivity index (χ4v) is 3.95. The maximum absolute atomic E-state index is 13.2. The Hall–Kier alpha value is -4.24. The number of hydrogen-bond donors (Lipinski definition) is 4. The predicted molar refractivity (Wildman–Crippen MR) is 111 cm³/mol. The number of imidazole rings is 1. The molecule has 0 radical (unpaired) electrons. The second kappa shape index (κ2) is 6.92. The maximum Gasteiger partial charge on any atom is 0.411 e. The molecule has 2 aromatic carbocycles. The van der Waals surface area contributed by atoms with E-state index in [4.69, 9.17) is 5.11 Å². The molecule has 0 saturated carbocycles. The summed E-state index contributed by atoms with van der Waals surface area (Å²) in [6.45, 7) is 0.109. The molecule has 0 spiro atoms. The van der Waals surface area contributed by atoms with Gasteiger partial charge in [-0.2, -0.15) is 0 Å². The average Bonchev–Trinajstić information content (AvgIpc) is 3.26. The molecule has 154 valence electrons. The number of aliphatic hydroxyl groups is 1. The van der Waals surface area contributed by atoms with Crippen molar-refractivity contribution in [1.29, 1.82) is 0 Å². The molecule has 2 amide bonds. The quantitative estimate of drug-likeness (QED) is 0.405. The number of carboxylic acid groups (broad SMARTS) is 1. The van der Waals surface area contributed by atoms with Gasteiger partial charge in [0.15, 0.2) is 5.72 Å². The predicted octanol–water partition coefficient (Wildman–Crippen LogP) is 2.90. The molecule has 2 aromatic heterocycles. The number of aromatic nitrogens is 3. The fourth-order valence-electron chi connectivity index (χ4n) is 3.95. The van der Waals surface area contributed by atoms with Crippen LogP contribution in [-0.2, 0) is 12.3 Å². The van der Waals surface area contributed by atoms with Crippen molar-refractivity contribution in [3.63, 3.8) is 0 Å². The lowest BCUT2D eigenvalue weighted by Crippen LogP contribution is -2.44. The number of nitrogens with one attached hydrogen (secondary N) is 2. The molecular weight excluding hydrogens is 398 g/mol. The molecule has 1 unspecified atom stereocenters. The lowest BCUT2D eigenvalue weighted by atomic mass is 9.93. The molecular formula is C22H17N5O4. The smallest absolute Gasteiger partial charge is 0.411 e. The van der Waals surface area contributed by atoms with Gasteiger partial charge in [-0.05, 0) is 30.3 Å².